The molecule has 0 heterocycles. The minimum atomic E-state index is -1.45. The highest BCUT2D eigenvalue weighted by Crippen LogP contribution is 2.36. The van der Waals surface area contributed by atoms with Crippen LogP contribution < -0.4 is 16.0 Å². The van der Waals surface area contributed by atoms with Crippen molar-refractivity contribution in [2.45, 2.75) is 70.7 Å². The van der Waals surface area contributed by atoms with Crippen molar-refractivity contribution in [3.63, 3.8) is 0 Å². The number of amides is 3. The van der Waals surface area contributed by atoms with E-state index in [9.17, 15) is 19.2 Å². The number of carbonyl (C=O) groups is 4. The summed E-state index contributed by atoms with van der Waals surface area (Å²) in [5, 5.41) is 8.11. The summed E-state index contributed by atoms with van der Waals surface area (Å²) in [7, 11) is 1.23. The zero-order valence-electron chi connectivity index (χ0n) is 22.1. The Balaban J connectivity index is 1.98. The largest absolute Gasteiger partial charge is 0.467 e. The maximum atomic E-state index is 13.9. The van der Waals surface area contributed by atoms with E-state index in [1.165, 1.54) is 21.0 Å². The zero-order chi connectivity index (χ0) is 27.4. The molecule has 0 saturated carbocycles. The summed E-state index contributed by atoms with van der Waals surface area (Å²) in [6, 6.07) is 13.6. The monoisotopic (exact) mass is 509 g/mol. The number of carbonyl (C=O) groups excluding carboxylic acids is 4. The predicted molar refractivity (Wildman–Crippen MR) is 139 cm³/mol. The summed E-state index contributed by atoms with van der Waals surface area (Å²) < 4.78 is 10.2. The number of fused-ring (bicyclic) bond motifs is 3. The molecule has 0 fully saturated rings. The lowest BCUT2D eigenvalue weighted by Gasteiger charge is -2.35. The maximum absolute atomic E-state index is 13.9. The van der Waals surface area contributed by atoms with Crippen LogP contribution in [0.25, 0.3) is 11.1 Å². The molecule has 0 saturated heterocycles. The van der Waals surface area contributed by atoms with Gasteiger partial charge in [0.1, 0.15) is 23.2 Å². The van der Waals surface area contributed by atoms with Crippen molar-refractivity contribution >= 4 is 23.9 Å². The van der Waals surface area contributed by atoms with Gasteiger partial charge in [0.25, 0.3) is 0 Å². The molecule has 3 N–H and O–H groups in total. The third kappa shape index (κ3) is 6.67. The minimum Gasteiger partial charge on any atom is -0.467 e. The van der Waals surface area contributed by atoms with Gasteiger partial charge in [-0.1, -0.05) is 48.5 Å². The Morgan fingerprint density at radius 2 is 1.35 bits per heavy atom. The van der Waals surface area contributed by atoms with Crippen molar-refractivity contribution in [2.75, 3.05) is 7.11 Å². The second-order valence-corrected chi connectivity index (χ2v) is 10.3. The highest BCUT2D eigenvalue weighted by Gasteiger charge is 2.44. The number of benzene rings is 2. The predicted octanol–water partition coefficient (Wildman–Crippen LogP) is 2.90. The summed E-state index contributed by atoms with van der Waals surface area (Å²) in [6.45, 7) is 8.23. The van der Waals surface area contributed by atoms with E-state index < -0.39 is 47.1 Å². The van der Waals surface area contributed by atoms with Crippen molar-refractivity contribution in [2.24, 2.45) is 0 Å². The number of ether oxygens (including phenoxy) is 2. The Morgan fingerprint density at radius 3 is 1.84 bits per heavy atom. The first kappa shape index (κ1) is 27.7. The van der Waals surface area contributed by atoms with Crippen LogP contribution in [-0.2, 0) is 36.7 Å². The van der Waals surface area contributed by atoms with Gasteiger partial charge in [-0.2, -0.15) is 0 Å². The van der Waals surface area contributed by atoms with Gasteiger partial charge in [0.15, 0.2) is 0 Å². The van der Waals surface area contributed by atoms with E-state index in [1.54, 1.807) is 20.8 Å². The van der Waals surface area contributed by atoms with Crippen molar-refractivity contribution < 1.29 is 28.7 Å². The highest BCUT2D eigenvalue weighted by atomic mass is 16.6. The topological polar surface area (TPSA) is 123 Å². The smallest absolute Gasteiger partial charge is 0.408 e. The average Bonchev–Trinajstić information content (AvgIpc) is 2.96. The van der Waals surface area contributed by atoms with Crippen LogP contribution in [0.2, 0.25) is 0 Å². The van der Waals surface area contributed by atoms with E-state index >= 15 is 0 Å². The normalized spacial score (nSPS) is 15.5. The SMILES string of the molecule is COC(=O)[C@H](C)NC(=O)[C@H](C)NC(=O)C1(NC(=O)OC(C)(C)C)Cc2ccccc2-c2ccccc2C1. The van der Waals surface area contributed by atoms with Crippen LogP contribution >= 0.6 is 0 Å². The Kier molecular flexibility index (Phi) is 8.25. The quantitative estimate of drug-likeness (QED) is 0.515. The highest BCUT2D eigenvalue weighted by molar-refractivity contribution is 5.96. The van der Waals surface area contributed by atoms with Gasteiger partial charge in [-0.15, -0.1) is 0 Å². The first-order chi connectivity index (χ1) is 17.3. The van der Waals surface area contributed by atoms with E-state index in [0.29, 0.717) is 0 Å². The van der Waals surface area contributed by atoms with Crippen molar-refractivity contribution in [3.8, 4) is 11.1 Å². The minimum absolute atomic E-state index is 0.176. The zero-order valence-corrected chi connectivity index (χ0v) is 22.1. The summed E-state index contributed by atoms with van der Waals surface area (Å²) in [4.78, 5) is 51.4. The molecule has 2 aromatic rings. The lowest BCUT2D eigenvalue weighted by atomic mass is 9.85. The summed E-state index contributed by atoms with van der Waals surface area (Å²) in [5.41, 5.74) is 1.45. The number of esters is 1. The van der Waals surface area contributed by atoms with E-state index in [-0.39, 0.29) is 12.8 Å². The third-order valence-electron chi connectivity index (χ3n) is 6.14. The second-order valence-electron chi connectivity index (χ2n) is 10.3. The van der Waals surface area contributed by atoms with E-state index in [1.807, 2.05) is 48.5 Å². The third-order valence-corrected chi connectivity index (χ3v) is 6.14. The average molecular weight is 510 g/mol. The first-order valence-corrected chi connectivity index (χ1v) is 12.2. The number of nitrogens with one attached hydrogen (secondary N) is 3. The van der Waals surface area contributed by atoms with Gasteiger partial charge in [0.05, 0.1) is 7.11 Å². The molecule has 0 radical (unpaired) electrons. The standard InChI is InChI=1S/C28H35N3O6/c1-17(23(32)29-18(2)24(33)36-6)30-25(34)28(31-26(35)37-27(3,4)5)15-19-11-7-9-13-21(19)22-14-10-8-12-20(22)16-28/h7-14,17-18H,15-16H2,1-6H3,(H,29,32)(H,30,34)(H,31,35)/t17-,18-/m0/s1. The summed E-state index contributed by atoms with van der Waals surface area (Å²) in [6.07, 6.45) is -0.387. The molecule has 9 heteroatoms. The Hall–Kier alpha value is -3.88. The fraction of sp³-hybridized carbons (Fsp3) is 0.429. The number of rotatable bonds is 6. The van der Waals surface area contributed by atoms with Crippen molar-refractivity contribution in [3.05, 3.63) is 59.7 Å². The molecule has 0 aliphatic heterocycles. The first-order valence-electron chi connectivity index (χ1n) is 12.2. The van der Waals surface area contributed by atoms with Crippen LogP contribution in [0, 0.1) is 0 Å². The van der Waals surface area contributed by atoms with Gasteiger partial charge < -0.3 is 25.4 Å². The van der Waals surface area contributed by atoms with Gasteiger partial charge in [0, 0.05) is 12.8 Å². The van der Waals surface area contributed by atoms with Gasteiger partial charge in [-0.05, 0) is 56.9 Å². The summed E-state index contributed by atoms with van der Waals surface area (Å²) in [5.74, 6) is -1.71. The number of hydrogen-bond acceptors (Lipinski definition) is 6. The molecule has 3 amide bonds. The Bertz CT molecular complexity index is 1140. The number of hydrogen-bond donors (Lipinski definition) is 3. The molecule has 3 rings (SSSR count). The van der Waals surface area contributed by atoms with E-state index in [0.717, 1.165) is 22.3 Å². The van der Waals surface area contributed by atoms with Gasteiger partial charge in [0.2, 0.25) is 11.8 Å². The van der Waals surface area contributed by atoms with Gasteiger partial charge in [-0.3, -0.25) is 9.59 Å². The van der Waals surface area contributed by atoms with Crippen LogP contribution in [0.1, 0.15) is 45.7 Å². The molecule has 0 spiro atoms. The molecule has 1 aliphatic carbocycles. The van der Waals surface area contributed by atoms with Crippen LogP contribution in [0.4, 0.5) is 4.79 Å². The van der Waals surface area contributed by atoms with Crippen molar-refractivity contribution in [1.82, 2.24) is 16.0 Å². The Labute approximate surface area is 217 Å². The fourth-order valence-electron chi connectivity index (χ4n) is 4.37. The molecule has 0 unspecified atom stereocenters. The van der Waals surface area contributed by atoms with Crippen molar-refractivity contribution in [1.29, 1.82) is 0 Å². The molecular weight excluding hydrogens is 474 g/mol. The number of methoxy groups -OCH3 is 1. The molecule has 0 bridgehead atoms. The van der Waals surface area contributed by atoms with E-state index in [2.05, 4.69) is 20.7 Å². The molecule has 0 aromatic heterocycles. The summed E-state index contributed by atoms with van der Waals surface area (Å²) >= 11 is 0. The van der Waals surface area contributed by atoms with Crippen LogP contribution in [0.3, 0.4) is 0 Å². The fourth-order valence-corrected chi connectivity index (χ4v) is 4.37. The lowest BCUT2D eigenvalue weighted by Crippen LogP contribution is -2.64. The maximum Gasteiger partial charge on any atom is 0.408 e. The molecule has 2 atom stereocenters. The van der Waals surface area contributed by atoms with Crippen LogP contribution in [0.15, 0.2) is 48.5 Å². The molecule has 1 aliphatic rings. The molecule has 9 nitrogen and oxygen atoms in total. The van der Waals surface area contributed by atoms with E-state index in [4.69, 9.17) is 4.74 Å². The van der Waals surface area contributed by atoms with Crippen LogP contribution in [0.5, 0.6) is 0 Å². The second kappa shape index (κ2) is 11.0. The van der Waals surface area contributed by atoms with Gasteiger partial charge in [-0.25, -0.2) is 9.59 Å². The molecule has 198 valence electrons. The number of alkyl carbamates (subject to hydrolysis) is 1. The molecular formula is C28H35N3O6. The molecule has 2 aromatic carbocycles. The van der Waals surface area contributed by atoms with Crippen LogP contribution in [-0.4, -0.2) is 54.2 Å². The Morgan fingerprint density at radius 1 is 0.838 bits per heavy atom. The molecule has 37 heavy (non-hydrogen) atoms. The van der Waals surface area contributed by atoms with Gasteiger partial charge >= 0.3 is 12.1 Å². The lowest BCUT2D eigenvalue weighted by molar-refractivity contribution is -0.144.